The highest BCUT2D eigenvalue weighted by Crippen LogP contribution is 2.23. The number of nitrogens with zero attached hydrogens (tertiary/aromatic N) is 5. The molecule has 9 nitrogen and oxygen atoms in total. The van der Waals surface area contributed by atoms with Crippen molar-refractivity contribution in [2.24, 2.45) is 13.0 Å². The van der Waals surface area contributed by atoms with E-state index in [0.717, 1.165) is 0 Å². The van der Waals surface area contributed by atoms with Gasteiger partial charge in [0.05, 0.1) is 12.9 Å². The number of carbonyl (C=O) groups excluding carboxylic acids is 2. The number of aromatic nitrogens is 2. The van der Waals surface area contributed by atoms with Crippen molar-refractivity contribution in [1.82, 2.24) is 23.7 Å². The number of carbonyl (C=O) groups is 2. The number of hydrogen-bond acceptors (Lipinski definition) is 5. The van der Waals surface area contributed by atoms with Gasteiger partial charge in [0.25, 0.3) is 10.0 Å². The molecule has 3 heterocycles. The van der Waals surface area contributed by atoms with E-state index in [1.54, 1.807) is 16.5 Å². The second-order valence-electron chi connectivity index (χ2n) is 7.31. The summed E-state index contributed by atoms with van der Waals surface area (Å²) in [5.74, 6) is -0.0637. The van der Waals surface area contributed by atoms with Crippen LogP contribution in [0.4, 0.5) is 0 Å². The number of piperazine rings is 1. The molecular weight excluding hydrogens is 358 g/mol. The Labute approximate surface area is 153 Å². The molecule has 0 bridgehead atoms. The van der Waals surface area contributed by atoms with Crippen molar-refractivity contribution >= 4 is 21.8 Å². The summed E-state index contributed by atoms with van der Waals surface area (Å²) < 4.78 is 28.6. The molecule has 3 rings (SSSR count). The van der Waals surface area contributed by atoms with E-state index in [-0.39, 0.29) is 42.4 Å². The largest absolute Gasteiger partial charge is 0.339 e. The Balaban J connectivity index is 1.87. The Morgan fingerprint density at radius 3 is 2.62 bits per heavy atom. The molecule has 1 aromatic rings. The molecule has 1 aromatic heterocycles. The third-order valence-electron chi connectivity index (χ3n) is 4.67. The van der Waals surface area contributed by atoms with E-state index < -0.39 is 16.1 Å². The van der Waals surface area contributed by atoms with E-state index in [4.69, 9.17) is 0 Å². The van der Waals surface area contributed by atoms with Crippen LogP contribution in [0.3, 0.4) is 0 Å². The van der Waals surface area contributed by atoms with Crippen LogP contribution in [0.25, 0.3) is 0 Å². The van der Waals surface area contributed by atoms with Crippen LogP contribution in [0.5, 0.6) is 0 Å². The van der Waals surface area contributed by atoms with Gasteiger partial charge in [0.2, 0.25) is 11.8 Å². The molecule has 2 aliphatic rings. The molecule has 0 radical (unpaired) electrons. The highest BCUT2D eigenvalue weighted by Gasteiger charge is 2.43. The fraction of sp³-hybridized carbons (Fsp3) is 0.688. The zero-order valence-electron chi connectivity index (χ0n) is 15.3. The second kappa shape index (κ2) is 6.99. The highest BCUT2D eigenvalue weighted by atomic mass is 32.2. The minimum absolute atomic E-state index is 0.0297. The Bertz CT molecular complexity index is 803. The average molecular weight is 383 g/mol. The predicted octanol–water partition coefficient (Wildman–Crippen LogP) is -0.490. The molecule has 1 unspecified atom stereocenters. The van der Waals surface area contributed by atoms with E-state index in [1.807, 2.05) is 13.8 Å². The zero-order chi connectivity index (χ0) is 19.1. The van der Waals surface area contributed by atoms with Crippen molar-refractivity contribution in [2.75, 3.05) is 32.7 Å². The summed E-state index contributed by atoms with van der Waals surface area (Å²) in [6.45, 7) is 5.14. The standard InChI is InChI=1S/C16H25N5O4S/c1-12(2)7-19-10-15(22)21-6-4-5-20(8-13(21)16(19)23)26(24,25)14-9-18(3)11-17-14/h9,11-13H,4-8,10H2,1-3H3. The molecule has 144 valence electrons. The lowest BCUT2D eigenvalue weighted by Crippen LogP contribution is -2.62. The third-order valence-corrected chi connectivity index (χ3v) is 6.42. The monoisotopic (exact) mass is 383 g/mol. The van der Waals surface area contributed by atoms with Gasteiger partial charge in [-0.3, -0.25) is 9.59 Å². The maximum atomic E-state index is 12.9. The lowest BCUT2D eigenvalue weighted by atomic mass is 10.1. The molecule has 2 saturated heterocycles. The molecule has 2 fully saturated rings. The first kappa shape index (κ1) is 18.8. The smallest absolute Gasteiger partial charge is 0.262 e. The topological polar surface area (TPSA) is 95.8 Å². The van der Waals surface area contributed by atoms with Gasteiger partial charge >= 0.3 is 0 Å². The Morgan fingerprint density at radius 1 is 1.27 bits per heavy atom. The van der Waals surface area contributed by atoms with Crippen molar-refractivity contribution in [3.05, 3.63) is 12.5 Å². The minimum atomic E-state index is -3.80. The first-order chi connectivity index (χ1) is 12.2. The number of amides is 2. The molecule has 1 atom stereocenters. The van der Waals surface area contributed by atoms with Gasteiger partial charge in [-0.15, -0.1) is 0 Å². The van der Waals surface area contributed by atoms with Crippen LogP contribution in [0.1, 0.15) is 20.3 Å². The number of fused-ring (bicyclic) bond motifs is 1. The van der Waals surface area contributed by atoms with Crippen LogP contribution in [0, 0.1) is 5.92 Å². The SMILES string of the molecule is CC(C)CN1CC(=O)N2CCCN(S(=O)(=O)c3cn(C)cn3)CC2C1=O. The Hall–Kier alpha value is -1.94. The molecule has 0 N–H and O–H groups in total. The van der Waals surface area contributed by atoms with Gasteiger partial charge in [0.1, 0.15) is 6.04 Å². The molecule has 0 aliphatic carbocycles. The Kier molecular flexibility index (Phi) is 5.07. The molecule has 0 saturated carbocycles. The van der Waals surface area contributed by atoms with Crippen molar-refractivity contribution < 1.29 is 18.0 Å². The number of imidazole rings is 1. The van der Waals surface area contributed by atoms with Gasteiger partial charge in [-0.1, -0.05) is 13.8 Å². The second-order valence-corrected chi connectivity index (χ2v) is 9.19. The van der Waals surface area contributed by atoms with E-state index >= 15 is 0 Å². The van der Waals surface area contributed by atoms with Crippen molar-refractivity contribution in [2.45, 2.75) is 31.3 Å². The number of aryl methyl sites for hydroxylation is 1. The van der Waals surface area contributed by atoms with E-state index in [1.165, 1.54) is 21.7 Å². The molecule has 26 heavy (non-hydrogen) atoms. The van der Waals surface area contributed by atoms with Gasteiger partial charge in [-0.25, -0.2) is 13.4 Å². The van der Waals surface area contributed by atoms with E-state index in [0.29, 0.717) is 19.5 Å². The highest BCUT2D eigenvalue weighted by molar-refractivity contribution is 7.89. The summed E-state index contributed by atoms with van der Waals surface area (Å²) in [5.41, 5.74) is 0. The lowest BCUT2D eigenvalue weighted by Gasteiger charge is -2.40. The molecular formula is C16H25N5O4S. The van der Waals surface area contributed by atoms with Gasteiger partial charge in [-0.2, -0.15) is 4.31 Å². The van der Waals surface area contributed by atoms with Gasteiger partial charge < -0.3 is 14.4 Å². The number of rotatable bonds is 4. The molecule has 0 aromatic carbocycles. The van der Waals surface area contributed by atoms with Gasteiger partial charge in [-0.05, 0) is 12.3 Å². The fourth-order valence-electron chi connectivity index (χ4n) is 3.48. The van der Waals surface area contributed by atoms with Crippen molar-refractivity contribution in [1.29, 1.82) is 0 Å². The maximum Gasteiger partial charge on any atom is 0.262 e. The van der Waals surface area contributed by atoms with Gasteiger partial charge in [0.15, 0.2) is 5.03 Å². The van der Waals surface area contributed by atoms with Crippen LogP contribution in [0.2, 0.25) is 0 Å². The van der Waals surface area contributed by atoms with Crippen molar-refractivity contribution in [3.8, 4) is 0 Å². The van der Waals surface area contributed by atoms with Crippen molar-refractivity contribution in [3.63, 3.8) is 0 Å². The Morgan fingerprint density at radius 2 is 2.00 bits per heavy atom. The van der Waals surface area contributed by atoms with Gasteiger partial charge in [0, 0.05) is 39.4 Å². The predicted molar refractivity (Wildman–Crippen MR) is 93.5 cm³/mol. The average Bonchev–Trinajstić information content (AvgIpc) is 2.87. The zero-order valence-corrected chi connectivity index (χ0v) is 16.1. The lowest BCUT2D eigenvalue weighted by molar-refractivity contribution is -0.156. The van der Waals surface area contributed by atoms with Crippen LogP contribution >= 0.6 is 0 Å². The van der Waals surface area contributed by atoms with Crippen LogP contribution in [0.15, 0.2) is 17.6 Å². The van der Waals surface area contributed by atoms with E-state index in [2.05, 4.69) is 4.98 Å². The molecule has 0 spiro atoms. The fourth-order valence-corrected chi connectivity index (χ4v) is 4.93. The number of sulfonamides is 1. The third kappa shape index (κ3) is 3.48. The first-order valence-corrected chi connectivity index (χ1v) is 10.2. The summed E-state index contributed by atoms with van der Waals surface area (Å²) in [4.78, 5) is 32.4. The maximum absolute atomic E-state index is 12.9. The molecule has 2 amide bonds. The quantitative estimate of drug-likeness (QED) is 0.699. The minimum Gasteiger partial charge on any atom is -0.339 e. The normalized spacial score (nSPS) is 22.7. The summed E-state index contributed by atoms with van der Waals surface area (Å²) in [7, 11) is -2.11. The summed E-state index contributed by atoms with van der Waals surface area (Å²) in [6.07, 6.45) is 3.36. The summed E-state index contributed by atoms with van der Waals surface area (Å²) in [5, 5.41) is -0.0397. The number of hydrogen-bond donors (Lipinski definition) is 0. The summed E-state index contributed by atoms with van der Waals surface area (Å²) in [6, 6.07) is -0.768. The molecule has 10 heteroatoms. The first-order valence-electron chi connectivity index (χ1n) is 8.76. The van der Waals surface area contributed by atoms with Crippen LogP contribution < -0.4 is 0 Å². The molecule has 2 aliphatic heterocycles. The summed E-state index contributed by atoms with van der Waals surface area (Å²) >= 11 is 0. The van der Waals surface area contributed by atoms with Crippen LogP contribution in [-0.4, -0.2) is 82.7 Å². The van der Waals surface area contributed by atoms with E-state index in [9.17, 15) is 18.0 Å². The van der Waals surface area contributed by atoms with Crippen LogP contribution in [-0.2, 0) is 26.7 Å².